The Labute approximate surface area is 139 Å². The first-order valence-corrected chi connectivity index (χ1v) is 6.88. The Morgan fingerprint density at radius 1 is 0.680 bits per heavy atom. The van der Waals surface area contributed by atoms with Crippen LogP contribution in [0.1, 0.15) is 51.8 Å². The zero-order valence-electron chi connectivity index (χ0n) is 12.3. The average molecular weight is 340 g/mol. The SMILES string of the molecule is O=C(O)c1ccc2c(c1)C(=O)OC2=O.O=C1OC(=O)c2ccccc21. The van der Waals surface area contributed by atoms with E-state index in [0.717, 1.165) is 6.07 Å². The van der Waals surface area contributed by atoms with Crippen molar-refractivity contribution in [1.82, 2.24) is 0 Å². The van der Waals surface area contributed by atoms with Gasteiger partial charge in [-0.2, -0.15) is 0 Å². The van der Waals surface area contributed by atoms with Crippen molar-refractivity contribution in [2.45, 2.75) is 0 Å². The third-order valence-electron chi connectivity index (χ3n) is 3.44. The molecule has 124 valence electrons. The van der Waals surface area contributed by atoms with Gasteiger partial charge in [0.2, 0.25) is 0 Å². The Bertz CT molecular complexity index is 924. The minimum atomic E-state index is -1.15. The second kappa shape index (κ2) is 6.00. The van der Waals surface area contributed by atoms with Gasteiger partial charge in [-0.05, 0) is 30.3 Å². The van der Waals surface area contributed by atoms with Gasteiger partial charge in [0.05, 0.1) is 27.8 Å². The topological polar surface area (TPSA) is 124 Å². The number of hydrogen-bond donors (Lipinski definition) is 1. The first-order chi connectivity index (χ1) is 11.9. The minimum Gasteiger partial charge on any atom is -0.478 e. The molecule has 8 nitrogen and oxygen atoms in total. The zero-order chi connectivity index (χ0) is 18.1. The molecule has 0 saturated carbocycles. The molecule has 8 heteroatoms. The summed E-state index contributed by atoms with van der Waals surface area (Å²) in [5, 5.41) is 8.63. The second-order valence-electron chi connectivity index (χ2n) is 4.97. The molecule has 2 aromatic carbocycles. The lowest BCUT2D eigenvalue weighted by molar-refractivity contribution is 0.0425. The van der Waals surface area contributed by atoms with Crippen LogP contribution >= 0.6 is 0 Å². The van der Waals surface area contributed by atoms with Crippen molar-refractivity contribution in [2.24, 2.45) is 0 Å². The molecule has 0 bridgehead atoms. The van der Waals surface area contributed by atoms with E-state index in [0.29, 0.717) is 11.1 Å². The molecule has 0 aliphatic carbocycles. The monoisotopic (exact) mass is 340 g/mol. The van der Waals surface area contributed by atoms with E-state index in [1.807, 2.05) is 0 Å². The number of aromatic carboxylic acids is 1. The first kappa shape index (κ1) is 16.1. The fraction of sp³-hybridized carbons (Fsp3) is 0. The quantitative estimate of drug-likeness (QED) is 0.614. The van der Waals surface area contributed by atoms with Gasteiger partial charge in [0.15, 0.2) is 0 Å². The highest BCUT2D eigenvalue weighted by atomic mass is 16.6. The summed E-state index contributed by atoms with van der Waals surface area (Å²) in [7, 11) is 0. The van der Waals surface area contributed by atoms with Crippen LogP contribution in [-0.2, 0) is 9.47 Å². The maximum atomic E-state index is 11.0. The van der Waals surface area contributed by atoms with Gasteiger partial charge in [0.25, 0.3) is 0 Å². The molecular weight excluding hydrogens is 332 g/mol. The summed E-state index contributed by atoms with van der Waals surface area (Å²) in [4.78, 5) is 54.2. The lowest BCUT2D eigenvalue weighted by Gasteiger charge is -1.94. The van der Waals surface area contributed by atoms with Crippen LogP contribution < -0.4 is 0 Å². The van der Waals surface area contributed by atoms with Gasteiger partial charge in [-0.25, -0.2) is 24.0 Å². The fourth-order valence-electron chi connectivity index (χ4n) is 2.25. The largest absolute Gasteiger partial charge is 0.478 e. The molecular formula is C17H8O8. The van der Waals surface area contributed by atoms with Crippen molar-refractivity contribution in [3.05, 3.63) is 70.3 Å². The van der Waals surface area contributed by atoms with E-state index in [9.17, 15) is 24.0 Å². The normalized spacial score (nSPS) is 14.1. The Kier molecular flexibility index (Phi) is 3.86. The summed E-state index contributed by atoms with van der Waals surface area (Å²) in [6, 6.07) is 10.2. The molecule has 2 aliphatic heterocycles. The number of esters is 4. The Morgan fingerprint density at radius 2 is 1.12 bits per heavy atom. The molecule has 0 atom stereocenters. The molecule has 0 radical (unpaired) electrons. The number of carboxylic acids is 1. The van der Waals surface area contributed by atoms with E-state index >= 15 is 0 Å². The van der Waals surface area contributed by atoms with Gasteiger partial charge in [0, 0.05) is 0 Å². The highest BCUT2D eigenvalue weighted by Crippen LogP contribution is 2.21. The molecule has 2 heterocycles. The maximum absolute atomic E-state index is 11.0. The van der Waals surface area contributed by atoms with Gasteiger partial charge in [-0.3, -0.25) is 0 Å². The molecule has 0 amide bonds. The summed E-state index contributed by atoms with van der Waals surface area (Å²) in [5.74, 6) is -3.79. The van der Waals surface area contributed by atoms with Crippen molar-refractivity contribution in [3.63, 3.8) is 0 Å². The molecule has 2 aromatic rings. The van der Waals surface area contributed by atoms with Gasteiger partial charge in [-0.1, -0.05) is 12.1 Å². The van der Waals surface area contributed by atoms with E-state index in [1.165, 1.54) is 12.1 Å². The number of cyclic esters (lactones) is 4. The van der Waals surface area contributed by atoms with Crippen molar-refractivity contribution in [1.29, 1.82) is 0 Å². The number of carboxylic acid groups (broad SMARTS) is 1. The smallest absolute Gasteiger partial charge is 0.346 e. The van der Waals surface area contributed by atoms with E-state index in [4.69, 9.17) is 5.11 Å². The van der Waals surface area contributed by atoms with Crippen LogP contribution in [0, 0.1) is 0 Å². The number of hydrogen-bond acceptors (Lipinski definition) is 7. The summed E-state index contributed by atoms with van der Waals surface area (Å²) in [6.45, 7) is 0. The third-order valence-corrected chi connectivity index (χ3v) is 3.44. The van der Waals surface area contributed by atoms with Crippen LogP contribution in [0.25, 0.3) is 0 Å². The molecule has 1 N–H and O–H groups in total. The highest BCUT2D eigenvalue weighted by Gasteiger charge is 2.30. The molecule has 0 aromatic heterocycles. The van der Waals surface area contributed by atoms with Crippen molar-refractivity contribution in [3.8, 4) is 0 Å². The number of benzene rings is 2. The van der Waals surface area contributed by atoms with Crippen LogP contribution in [-0.4, -0.2) is 35.0 Å². The number of carbonyl (C=O) groups excluding carboxylic acids is 4. The molecule has 0 unspecified atom stereocenters. The Balaban J connectivity index is 0.000000150. The predicted octanol–water partition coefficient (Wildman–Crippen LogP) is 1.69. The number of rotatable bonds is 1. The van der Waals surface area contributed by atoms with Gasteiger partial charge < -0.3 is 14.6 Å². The molecule has 0 fully saturated rings. The summed E-state index contributed by atoms with van der Waals surface area (Å²) in [5.41, 5.74) is 0.792. The van der Waals surface area contributed by atoms with Crippen molar-refractivity contribution < 1.29 is 38.6 Å². The van der Waals surface area contributed by atoms with E-state index in [1.54, 1.807) is 24.3 Å². The van der Waals surface area contributed by atoms with Crippen molar-refractivity contribution >= 4 is 29.8 Å². The van der Waals surface area contributed by atoms with E-state index in [2.05, 4.69) is 9.47 Å². The van der Waals surface area contributed by atoms with Crippen LogP contribution in [0.5, 0.6) is 0 Å². The van der Waals surface area contributed by atoms with Gasteiger partial charge in [-0.15, -0.1) is 0 Å². The molecule has 4 rings (SSSR count). The number of carbonyl (C=O) groups is 5. The lowest BCUT2D eigenvalue weighted by atomic mass is 10.1. The summed E-state index contributed by atoms with van der Waals surface area (Å²) >= 11 is 0. The molecule has 0 spiro atoms. The highest BCUT2D eigenvalue weighted by molar-refractivity contribution is 6.15. The number of ether oxygens (including phenoxy) is 2. The van der Waals surface area contributed by atoms with Crippen LogP contribution in [0.4, 0.5) is 0 Å². The zero-order valence-corrected chi connectivity index (χ0v) is 12.3. The molecule has 25 heavy (non-hydrogen) atoms. The lowest BCUT2D eigenvalue weighted by Crippen LogP contribution is -2.00. The van der Waals surface area contributed by atoms with Crippen LogP contribution in [0.15, 0.2) is 42.5 Å². The molecule has 2 aliphatic rings. The minimum absolute atomic E-state index is 0.00917. The third kappa shape index (κ3) is 2.88. The average Bonchev–Trinajstić information content (AvgIpc) is 3.05. The number of fused-ring (bicyclic) bond motifs is 2. The van der Waals surface area contributed by atoms with Gasteiger partial charge >= 0.3 is 29.8 Å². The standard InChI is InChI=1S/C9H4O5.C8H4O3/c10-7(11)4-1-2-5-6(3-4)9(13)14-8(5)12;9-7-5-3-1-2-4-6(5)8(10)11-7/h1-3H,(H,10,11);1-4H. The Hall–Kier alpha value is -3.81. The maximum Gasteiger partial charge on any atom is 0.346 e. The summed E-state index contributed by atoms with van der Waals surface area (Å²) in [6.07, 6.45) is 0. The van der Waals surface area contributed by atoms with Crippen molar-refractivity contribution in [2.75, 3.05) is 0 Å². The predicted molar refractivity (Wildman–Crippen MR) is 79.3 cm³/mol. The second-order valence-corrected chi connectivity index (χ2v) is 4.97. The molecule has 0 saturated heterocycles. The van der Waals surface area contributed by atoms with Crippen LogP contribution in [0.3, 0.4) is 0 Å². The van der Waals surface area contributed by atoms with E-state index < -0.39 is 29.8 Å². The van der Waals surface area contributed by atoms with Crippen LogP contribution in [0.2, 0.25) is 0 Å². The first-order valence-electron chi connectivity index (χ1n) is 6.88. The fourth-order valence-corrected chi connectivity index (χ4v) is 2.25. The summed E-state index contributed by atoms with van der Waals surface area (Å²) < 4.78 is 8.65. The Morgan fingerprint density at radius 3 is 1.60 bits per heavy atom. The van der Waals surface area contributed by atoms with E-state index in [-0.39, 0.29) is 16.7 Å². The van der Waals surface area contributed by atoms with Gasteiger partial charge in [0.1, 0.15) is 0 Å².